The first-order chi connectivity index (χ1) is 10.4. The molecule has 0 bridgehead atoms. The second-order valence-corrected chi connectivity index (χ2v) is 6.59. The van der Waals surface area contributed by atoms with E-state index in [9.17, 15) is 13.2 Å². The molecule has 0 saturated heterocycles. The predicted octanol–water partition coefficient (Wildman–Crippen LogP) is 2.45. The van der Waals surface area contributed by atoms with Gasteiger partial charge in [0.25, 0.3) is 10.1 Å². The molecule has 0 aromatic heterocycles. The molecule has 1 atom stereocenters. The number of benzene rings is 1. The van der Waals surface area contributed by atoms with Crippen LogP contribution in [0.25, 0.3) is 0 Å². The molecule has 7 heteroatoms. The van der Waals surface area contributed by atoms with E-state index in [0.29, 0.717) is 19.4 Å². The molecule has 1 rings (SSSR count). The van der Waals surface area contributed by atoms with Gasteiger partial charge in [-0.15, -0.1) is 0 Å². The van der Waals surface area contributed by atoms with Gasteiger partial charge in [0.2, 0.25) is 0 Å². The van der Waals surface area contributed by atoms with Crippen molar-refractivity contribution in [3.63, 3.8) is 0 Å². The minimum atomic E-state index is -3.49. The fraction of sp³-hybridized carbons (Fsp3) is 0.533. The number of hydrogen-bond donors (Lipinski definition) is 1. The summed E-state index contributed by atoms with van der Waals surface area (Å²) in [6.07, 6.45) is 1.92. The first-order valence-electron chi connectivity index (χ1n) is 7.23. The van der Waals surface area contributed by atoms with E-state index < -0.39 is 22.3 Å². The summed E-state index contributed by atoms with van der Waals surface area (Å²) in [5, 5.41) is 2.59. The standard InChI is InChI=1S/C15H23NO5S/c1-3-7-14(21-22(2,18)19)10-11-16-15(17)20-12-13-8-5-4-6-9-13/h4-6,8-9,14H,3,7,10-12H2,1-2H3,(H,16,17). The lowest BCUT2D eigenvalue weighted by Crippen LogP contribution is -2.29. The molecule has 6 nitrogen and oxygen atoms in total. The molecule has 0 aliphatic carbocycles. The first kappa shape index (κ1) is 18.4. The third-order valence-corrected chi connectivity index (χ3v) is 3.49. The van der Waals surface area contributed by atoms with Gasteiger partial charge >= 0.3 is 6.09 Å². The van der Waals surface area contributed by atoms with Gasteiger partial charge in [0.15, 0.2) is 0 Å². The molecule has 124 valence electrons. The monoisotopic (exact) mass is 329 g/mol. The Balaban J connectivity index is 2.27. The zero-order valence-corrected chi connectivity index (χ0v) is 13.8. The van der Waals surface area contributed by atoms with Crippen molar-refractivity contribution in [3.8, 4) is 0 Å². The minimum absolute atomic E-state index is 0.199. The van der Waals surface area contributed by atoms with Crippen LogP contribution in [0.4, 0.5) is 4.79 Å². The largest absolute Gasteiger partial charge is 0.445 e. The van der Waals surface area contributed by atoms with Gasteiger partial charge in [-0.25, -0.2) is 4.79 Å². The molecule has 1 aromatic rings. The number of hydrogen-bond acceptors (Lipinski definition) is 5. The van der Waals surface area contributed by atoms with Crippen molar-refractivity contribution in [2.45, 2.75) is 38.9 Å². The van der Waals surface area contributed by atoms with Crippen LogP contribution in [-0.4, -0.2) is 33.4 Å². The number of alkyl carbamates (subject to hydrolysis) is 1. The number of carbonyl (C=O) groups excluding carboxylic acids is 1. The van der Waals surface area contributed by atoms with Gasteiger partial charge in [-0.05, 0) is 18.4 Å². The quantitative estimate of drug-likeness (QED) is 0.704. The molecule has 0 fully saturated rings. The number of ether oxygens (including phenoxy) is 1. The third kappa shape index (κ3) is 8.63. The molecule has 0 aliphatic rings. The van der Waals surface area contributed by atoms with Crippen LogP contribution in [0, 0.1) is 0 Å². The Morgan fingerprint density at radius 3 is 2.50 bits per heavy atom. The fourth-order valence-electron chi connectivity index (χ4n) is 1.92. The molecule has 1 amide bonds. The lowest BCUT2D eigenvalue weighted by Gasteiger charge is -2.15. The van der Waals surface area contributed by atoms with E-state index >= 15 is 0 Å². The summed E-state index contributed by atoms with van der Waals surface area (Å²) in [5.74, 6) is 0. The van der Waals surface area contributed by atoms with Crippen molar-refractivity contribution >= 4 is 16.2 Å². The molecule has 1 unspecified atom stereocenters. The number of amides is 1. The van der Waals surface area contributed by atoms with Gasteiger partial charge in [0, 0.05) is 6.54 Å². The average molecular weight is 329 g/mol. The van der Waals surface area contributed by atoms with Crippen molar-refractivity contribution in [2.24, 2.45) is 0 Å². The molecule has 1 N–H and O–H groups in total. The van der Waals surface area contributed by atoms with Crippen molar-refractivity contribution in [3.05, 3.63) is 35.9 Å². The highest BCUT2D eigenvalue weighted by atomic mass is 32.2. The molecule has 0 heterocycles. The Hall–Kier alpha value is -1.60. The van der Waals surface area contributed by atoms with E-state index in [1.54, 1.807) is 0 Å². The molecule has 0 aliphatic heterocycles. The summed E-state index contributed by atoms with van der Waals surface area (Å²) in [5.41, 5.74) is 0.905. The van der Waals surface area contributed by atoms with Gasteiger partial charge in [-0.3, -0.25) is 4.18 Å². The SMILES string of the molecule is CCCC(CCNC(=O)OCc1ccccc1)OS(C)(=O)=O. The molecular formula is C15H23NO5S. The predicted molar refractivity (Wildman–Crippen MR) is 83.9 cm³/mol. The highest BCUT2D eigenvalue weighted by Crippen LogP contribution is 2.09. The first-order valence-corrected chi connectivity index (χ1v) is 9.05. The van der Waals surface area contributed by atoms with Crippen molar-refractivity contribution in [1.82, 2.24) is 5.32 Å². The van der Waals surface area contributed by atoms with Gasteiger partial charge in [-0.2, -0.15) is 8.42 Å². The maximum atomic E-state index is 11.5. The molecule has 0 saturated carbocycles. The summed E-state index contributed by atoms with van der Waals surface area (Å²) in [4.78, 5) is 11.5. The van der Waals surface area contributed by atoms with Crippen LogP contribution in [0.1, 0.15) is 31.7 Å². The zero-order chi connectivity index (χ0) is 16.4. The summed E-state index contributed by atoms with van der Waals surface area (Å²) in [6, 6.07) is 9.36. The average Bonchev–Trinajstić information content (AvgIpc) is 2.45. The van der Waals surface area contributed by atoms with Crippen LogP contribution in [0.3, 0.4) is 0 Å². The van der Waals surface area contributed by atoms with Crippen LogP contribution in [-0.2, 0) is 25.6 Å². The Morgan fingerprint density at radius 2 is 1.91 bits per heavy atom. The molecule has 1 aromatic carbocycles. The zero-order valence-electron chi connectivity index (χ0n) is 12.9. The smallest absolute Gasteiger partial charge is 0.407 e. The third-order valence-electron chi connectivity index (χ3n) is 2.87. The topological polar surface area (TPSA) is 81.7 Å². The Bertz CT molecular complexity index is 544. The van der Waals surface area contributed by atoms with Gasteiger partial charge in [0.1, 0.15) is 6.61 Å². The molecule has 22 heavy (non-hydrogen) atoms. The van der Waals surface area contributed by atoms with Crippen LogP contribution in [0.5, 0.6) is 0 Å². The lowest BCUT2D eigenvalue weighted by molar-refractivity contribution is 0.136. The second-order valence-electron chi connectivity index (χ2n) is 4.99. The van der Waals surface area contributed by atoms with Crippen molar-refractivity contribution in [2.75, 3.05) is 12.8 Å². The Labute approximate surface area is 131 Å². The summed E-state index contributed by atoms with van der Waals surface area (Å²) < 4.78 is 32.3. The number of rotatable bonds is 9. The van der Waals surface area contributed by atoms with E-state index in [1.165, 1.54) is 0 Å². The number of carbonyl (C=O) groups is 1. The number of nitrogens with one attached hydrogen (secondary N) is 1. The summed E-state index contributed by atoms with van der Waals surface area (Å²) >= 11 is 0. The van der Waals surface area contributed by atoms with Crippen LogP contribution < -0.4 is 5.32 Å². The van der Waals surface area contributed by atoms with E-state index in [2.05, 4.69) is 5.32 Å². The van der Waals surface area contributed by atoms with Crippen LogP contribution >= 0.6 is 0 Å². The normalized spacial score (nSPS) is 12.6. The highest BCUT2D eigenvalue weighted by Gasteiger charge is 2.15. The molecule has 0 spiro atoms. The maximum Gasteiger partial charge on any atom is 0.407 e. The van der Waals surface area contributed by atoms with E-state index in [-0.39, 0.29) is 6.61 Å². The van der Waals surface area contributed by atoms with E-state index in [1.807, 2.05) is 37.3 Å². The van der Waals surface area contributed by atoms with Crippen LogP contribution in [0.2, 0.25) is 0 Å². The minimum Gasteiger partial charge on any atom is -0.445 e. The lowest BCUT2D eigenvalue weighted by atomic mass is 10.1. The van der Waals surface area contributed by atoms with Gasteiger partial charge < -0.3 is 10.1 Å². The van der Waals surface area contributed by atoms with E-state index in [4.69, 9.17) is 8.92 Å². The van der Waals surface area contributed by atoms with E-state index in [0.717, 1.165) is 18.2 Å². The highest BCUT2D eigenvalue weighted by molar-refractivity contribution is 7.86. The Kier molecular flexibility index (Phi) is 7.90. The van der Waals surface area contributed by atoms with Gasteiger partial charge in [0.05, 0.1) is 12.4 Å². The maximum absolute atomic E-state index is 11.5. The molecule has 0 radical (unpaired) electrons. The van der Waals surface area contributed by atoms with Crippen LogP contribution in [0.15, 0.2) is 30.3 Å². The van der Waals surface area contributed by atoms with Gasteiger partial charge in [-0.1, -0.05) is 43.7 Å². The van der Waals surface area contributed by atoms with Crippen molar-refractivity contribution in [1.29, 1.82) is 0 Å². The summed E-state index contributed by atoms with van der Waals surface area (Å²) in [7, 11) is -3.49. The Morgan fingerprint density at radius 1 is 1.23 bits per heavy atom. The summed E-state index contributed by atoms with van der Waals surface area (Å²) in [6.45, 7) is 2.44. The fourth-order valence-corrected chi connectivity index (χ4v) is 2.61. The second kappa shape index (κ2) is 9.42. The molecular weight excluding hydrogens is 306 g/mol. The van der Waals surface area contributed by atoms with Crippen molar-refractivity contribution < 1.29 is 22.1 Å².